The van der Waals surface area contributed by atoms with E-state index in [0.29, 0.717) is 6.54 Å². The molecule has 3 aromatic rings. The minimum Gasteiger partial charge on any atom is -0.362 e. The van der Waals surface area contributed by atoms with Crippen molar-refractivity contribution in [3.8, 4) is 11.4 Å². The normalized spacial score (nSPS) is 14.3. The minimum atomic E-state index is 0.573. The van der Waals surface area contributed by atoms with Crippen molar-refractivity contribution in [2.24, 2.45) is 7.05 Å². The average Bonchev–Trinajstić information content (AvgIpc) is 3.01. The molecule has 1 aliphatic rings. The number of nitrogens with zero attached hydrogens (tertiary/aromatic N) is 6. The average molecular weight is 335 g/mol. The third kappa shape index (κ3) is 3.10. The highest BCUT2D eigenvalue weighted by molar-refractivity contribution is 5.55. The zero-order chi connectivity index (χ0) is 17.2. The van der Waals surface area contributed by atoms with Crippen LogP contribution in [0.1, 0.15) is 17.1 Å². The van der Waals surface area contributed by atoms with Crippen molar-refractivity contribution in [2.75, 3.05) is 18.9 Å². The first kappa shape index (κ1) is 15.7. The number of rotatable bonds is 4. The molecule has 1 aromatic carbocycles. The van der Waals surface area contributed by atoms with Crippen LogP contribution in [0.4, 0.5) is 5.82 Å². The van der Waals surface area contributed by atoms with E-state index >= 15 is 0 Å². The van der Waals surface area contributed by atoms with Gasteiger partial charge in [-0.2, -0.15) is 0 Å². The molecule has 0 spiro atoms. The summed E-state index contributed by atoms with van der Waals surface area (Å²) in [6.07, 6.45) is 2.60. The molecule has 7 nitrogen and oxygen atoms in total. The summed E-state index contributed by atoms with van der Waals surface area (Å²) in [5, 5.41) is 12.1. The quantitative estimate of drug-likeness (QED) is 0.785. The highest BCUT2D eigenvalue weighted by Gasteiger charge is 2.19. The summed E-state index contributed by atoms with van der Waals surface area (Å²) in [5.41, 5.74) is 3.38. The second kappa shape index (κ2) is 6.60. The van der Waals surface area contributed by atoms with E-state index in [2.05, 4.69) is 37.4 Å². The summed E-state index contributed by atoms with van der Waals surface area (Å²) < 4.78 is 2.02. The number of hydrogen-bond acceptors (Lipinski definition) is 6. The Labute approximate surface area is 146 Å². The molecule has 0 unspecified atom stereocenters. The van der Waals surface area contributed by atoms with Crippen LogP contribution >= 0.6 is 0 Å². The van der Waals surface area contributed by atoms with Gasteiger partial charge in [0.25, 0.3) is 0 Å². The summed E-state index contributed by atoms with van der Waals surface area (Å²) in [5.74, 6) is 2.62. The zero-order valence-corrected chi connectivity index (χ0v) is 14.5. The standard InChI is InChI=1S/C18H21N7/c1-24-9-8-15-14(11-24)17(21-12-20-15)19-10-16-22-23-18(25(16)2)13-6-4-3-5-7-13/h3-7,12H,8-11H2,1-2H3,(H,19,20,21). The molecule has 0 fully saturated rings. The van der Waals surface area contributed by atoms with Gasteiger partial charge in [-0.3, -0.25) is 0 Å². The lowest BCUT2D eigenvalue weighted by Gasteiger charge is -2.25. The van der Waals surface area contributed by atoms with Crippen molar-refractivity contribution in [1.82, 2.24) is 29.6 Å². The van der Waals surface area contributed by atoms with Crippen LogP contribution in [0.2, 0.25) is 0 Å². The van der Waals surface area contributed by atoms with Gasteiger partial charge < -0.3 is 14.8 Å². The second-order valence-electron chi connectivity index (χ2n) is 6.35. The predicted octanol–water partition coefficient (Wildman–Crippen LogP) is 1.87. The fourth-order valence-electron chi connectivity index (χ4n) is 3.15. The number of hydrogen-bond donors (Lipinski definition) is 1. The Kier molecular flexibility index (Phi) is 4.15. The van der Waals surface area contributed by atoms with E-state index in [9.17, 15) is 0 Å². The fraction of sp³-hybridized carbons (Fsp3) is 0.333. The number of anilines is 1. The van der Waals surface area contributed by atoms with Gasteiger partial charge in [-0.1, -0.05) is 30.3 Å². The first-order valence-electron chi connectivity index (χ1n) is 8.41. The Morgan fingerprint density at radius 1 is 1.08 bits per heavy atom. The van der Waals surface area contributed by atoms with Crippen molar-refractivity contribution < 1.29 is 0 Å². The smallest absolute Gasteiger partial charge is 0.163 e. The Hall–Kier alpha value is -2.80. The molecule has 1 N–H and O–H groups in total. The van der Waals surface area contributed by atoms with Crippen LogP contribution in [0.15, 0.2) is 36.7 Å². The Morgan fingerprint density at radius 2 is 1.92 bits per heavy atom. The first-order chi connectivity index (χ1) is 12.2. The number of likely N-dealkylation sites (N-methyl/N-ethyl adjacent to an activating group) is 1. The van der Waals surface area contributed by atoms with Crippen LogP contribution in [0, 0.1) is 0 Å². The molecular formula is C18H21N7. The van der Waals surface area contributed by atoms with Crippen LogP contribution in [0.25, 0.3) is 11.4 Å². The monoisotopic (exact) mass is 335 g/mol. The minimum absolute atomic E-state index is 0.573. The highest BCUT2D eigenvalue weighted by atomic mass is 15.3. The Morgan fingerprint density at radius 3 is 2.76 bits per heavy atom. The van der Waals surface area contributed by atoms with Gasteiger partial charge in [0.1, 0.15) is 12.1 Å². The van der Waals surface area contributed by atoms with Gasteiger partial charge >= 0.3 is 0 Å². The molecule has 2 aromatic heterocycles. The topological polar surface area (TPSA) is 71.8 Å². The van der Waals surface area contributed by atoms with Crippen LogP contribution in [0.3, 0.4) is 0 Å². The lowest BCUT2D eigenvalue weighted by molar-refractivity contribution is 0.310. The van der Waals surface area contributed by atoms with Crippen molar-refractivity contribution in [3.63, 3.8) is 0 Å². The second-order valence-corrected chi connectivity index (χ2v) is 6.35. The van der Waals surface area contributed by atoms with Crippen molar-refractivity contribution in [2.45, 2.75) is 19.5 Å². The highest BCUT2D eigenvalue weighted by Crippen LogP contribution is 2.23. The van der Waals surface area contributed by atoms with E-state index in [1.165, 1.54) is 5.56 Å². The van der Waals surface area contributed by atoms with Crippen molar-refractivity contribution in [1.29, 1.82) is 0 Å². The molecule has 128 valence electrons. The van der Waals surface area contributed by atoms with Crippen LogP contribution < -0.4 is 5.32 Å². The SMILES string of the molecule is CN1CCc2ncnc(NCc3nnc(-c4ccccc4)n3C)c2C1. The Balaban J connectivity index is 1.54. The Bertz CT molecular complexity index is 872. The number of fused-ring (bicyclic) bond motifs is 1. The van der Waals surface area contributed by atoms with Crippen molar-refractivity contribution in [3.05, 3.63) is 53.7 Å². The molecule has 3 heterocycles. The summed E-state index contributed by atoms with van der Waals surface area (Å²) >= 11 is 0. The molecule has 25 heavy (non-hydrogen) atoms. The van der Waals surface area contributed by atoms with Crippen LogP contribution in [-0.2, 0) is 26.6 Å². The molecule has 0 amide bonds. The summed E-state index contributed by atoms with van der Waals surface area (Å²) in [6, 6.07) is 10.1. The van der Waals surface area contributed by atoms with Crippen LogP contribution in [-0.4, -0.2) is 43.2 Å². The van der Waals surface area contributed by atoms with E-state index in [1.807, 2.05) is 41.9 Å². The van der Waals surface area contributed by atoms with E-state index in [0.717, 1.165) is 48.2 Å². The molecule has 1 aliphatic heterocycles. The van der Waals surface area contributed by atoms with Gasteiger partial charge in [0.15, 0.2) is 11.6 Å². The largest absolute Gasteiger partial charge is 0.362 e. The number of benzene rings is 1. The molecule has 0 aliphatic carbocycles. The van der Waals surface area contributed by atoms with Gasteiger partial charge in [-0.05, 0) is 7.05 Å². The van der Waals surface area contributed by atoms with Gasteiger partial charge in [-0.25, -0.2) is 9.97 Å². The maximum Gasteiger partial charge on any atom is 0.163 e. The van der Waals surface area contributed by atoms with E-state index < -0.39 is 0 Å². The van der Waals surface area contributed by atoms with Gasteiger partial charge in [0.05, 0.1) is 12.2 Å². The molecule has 4 rings (SSSR count). The van der Waals surface area contributed by atoms with Crippen molar-refractivity contribution >= 4 is 5.82 Å². The van der Waals surface area contributed by atoms with Gasteiger partial charge in [0, 0.05) is 37.7 Å². The molecule has 0 atom stereocenters. The zero-order valence-electron chi connectivity index (χ0n) is 14.5. The van der Waals surface area contributed by atoms with E-state index in [1.54, 1.807) is 6.33 Å². The molecule has 0 radical (unpaired) electrons. The first-order valence-corrected chi connectivity index (χ1v) is 8.41. The third-order valence-corrected chi connectivity index (χ3v) is 4.60. The number of aromatic nitrogens is 5. The molecule has 7 heteroatoms. The van der Waals surface area contributed by atoms with E-state index in [-0.39, 0.29) is 0 Å². The molecule has 0 bridgehead atoms. The predicted molar refractivity (Wildman–Crippen MR) is 95.8 cm³/mol. The molecule has 0 saturated carbocycles. The lowest BCUT2D eigenvalue weighted by atomic mass is 10.1. The van der Waals surface area contributed by atoms with Gasteiger partial charge in [-0.15, -0.1) is 10.2 Å². The summed E-state index contributed by atoms with van der Waals surface area (Å²) in [6.45, 7) is 2.48. The molecular weight excluding hydrogens is 314 g/mol. The maximum atomic E-state index is 4.43. The summed E-state index contributed by atoms with van der Waals surface area (Å²) in [7, 11) is 4.11. The number of nitrogens with one attached hydrogen (secondary N) is 1. The molecule has 0 saturated heterocycles. The maximum absolute atomic E-state index is 4.43. The third-order valence-electron chi connectivity index (χ3n) is 4.60. The summed E-state index contributed by atoms with van der Waals surface area (Å²) in [4.78, 5) is 11.1. The fourth-order valence-corrected chi connectivity index (χ4v) is 3.15. The van der Waals surface area contributed by atoms with Crippen LogP contribution in [0.5, 0.6) is 0 Å². The lowest BCUT2D eigenvalue weighted by Crippen LogP contribution is -2.28. The van der Waals surface area contributed by atoms with Gasteiger partial charge in [0.2, 0.25) is 0 Å². The van der Waals surface area contributed by atoms with E-state index in [4.69, 9.17) is 0 Å².